The number of nitrogens with one attached hydrogen (secondary N) is 1. The third-order valence-corrected chi connectivity index (χ3v) is 3.45. The van der Waals surface area contributed by atoms with Crippen molar-refractivity contribution < 1.29 is 9.47 Å². The lowest BCUT2D eigenvalue weighted by Gasteiger charge is -2.13. The quantitative estimate of drug-likeness (QED) is 0.407. The van der Waals surface area contributed by atoms with Gasteiger partial charge < -0.3 is 9.47 Å². The molecule has 0 saturated carbocycles. The Bertz CT molecular complexity index is 672. The molecule has 23 heavy (non-hydrogen) atoms. The van der Waals surface area contributed by atoms with Gasteiger partial charge in [-0.25, -0.2) is 0 Å². The van der Waals surface area contributed by atoms with Crippen molar-refractivity contribution in [3.8, 4) is 11.5 Å². The van der Waals surface area contributed by atoms with Gasteiger partial charge in [-0.15, -0.1) is 0 Å². The maximum absolute atomic E-state index is 5.65. The fourth-order valence-electron chi connectivity index (χ4n) is 1.90. The van der Waals surface area contributed by atoms with Crippen molar-refractivity contribution in [3.05, 3.63) is 65.2 Å². The molecule has 0 aliphatic rings. The molecule has 0 spiro atoms. The van der Waals surface area contributed by atoms with E-state index < -0.39 is 0 Å². The van der Waals surface area contributed by atoms with Crippen LogP contribution in [0.15, 0.2) is 64.7 Å². The predicted molar refractivity (Wildman–Crippen MR) is 98.7 cm³/mol. The monoisotopic (exact) mass is 374 g/mol. The summed E-state index contributed by atoms with van der Waals surface area (Å²) in [7, 11) is 0. The van der Waals surface area contributed by atoms with E-state index in [9.17, 15) is 0 Å². The summed E-state index contributed by atoms with van der Waals surface area (Å²) in [4.78, 5) is 0. The van der Waals surface area contributed by atoms with Gasteiger partial charge in [0.25, 0.3) is 0 Å². The van der Waals surface area contributed by atoms with E-state index in [0.717, 1.165) is 15.7 Å². The van der Waals surface area contributed by atoms with E-state index >= 15 is 0 Å². The molecule has 0 aromatic heterocycles. The van der Waals surface area contributed by atoms with Crippen LogP contribution in [0.3, 0.4) is 0 Å². The van der Waals surface area contributed by atoms with Crippen LogP contribution in [0.25, 0.3) is 0 Å². The highest BCUT2D eigenvalue weighted by atomic mass is 79.9. The molecule has 0 heterocycles. The van der Waals surface area contributed by atoms with Crippen molar-refractivity contribution in [2.75, 3.05) is 18.6 Å². The number of anilines is 1. The Morgan fingerprint density at radius 3 is 2.70 bits per heavy atom. The highest BCUT2D eigenvalue weighted by molar-refractivity contribution is 9.10. The van der Waals surface area contributed by atoms with Crippen LogP contribution in [-0.2, 0) is 0 Å². The normalized spacial score (nSPS) is 10.5. The van der Waals surface area contributed by atoms with Crippen molar-refractivity contribution in [2.45, 2.75) is 6.92 Å². The zero-order valence-electron chi connectivity index (χ0n) is 13.0. The lowest BCUT2D eigenvalue weighted by Crippen LogP contribution is -2.01. The molecule has 0 radical (unpaired) electrons. The van der Waals surface area contributed by atoms with E-state index in [-0.39, 0.29) is 0 Å². The maximum atomic E-state index is 5.65. The summed E-state index contributed by atoms with van der Waals surface area (Å²) in [6.45, 7) is 6.56. The Kier molecular flexibility index (Phi) is 6.69. The van der Waals surface area contributed by atoms with E-state index in [1.165, 1.54) is 0 Å². The third kappa shape index (κ3) is 5.14. The van der Waals surface area contributed by atoms with Crippen molar-refractivity contribution in [3.63, 3.8) is 0 Å². The molecule has 0 amide bonds. The summed E-state index contributed by atoms with van der Waals surface area (Å²) in [6, 6.07) is 13.6. The lowest BCUT2D eigenvalue weighted by atomic mass is 10.2. The van der Waals surface area contributed by atoms with Gasteiger partial charge >= 0.3 is 0 Å². The molecular formula is C18H19BrN2O2. The van der Waals surface area contributed by atoms with Crippen LogP contribution in [0.2, 0.25) is 0 Å². The number of hydrazone groups is 1. The zero-order chi connectivity index (χ0) is 16.5. The second-order valence-corrected chi connectivity index (χ2v) is 5.45. The molecule has 0 atom stereocenters. The molecule has 5 heteroatoms. The average molecular weight is 375 g/mol. The molecule has 120 valence electrons. The maximum Gasteiger partial charge on any atom is 0.175 e. The van der Waals surface area contributed by atoms with Gasteiger partial charge in [0, 0.05) is 0 Å². The smallest absolute Gasteiger partial charge is 0.175 e. The van der Waals surface area contributed by atoms with Crippen LogP contribution in [0.5, 0.6) is 11.5 Å². The molecule has 0 aliphatic carbocycles. The number of rotatable bonds is 8. The molecule has 0 bridgehead atoms. The minimum absolute atomic E-state index is 0.418. The average Bonchev–Trinajstić information content (AvgIpc) is 2.55. The summed E-state index contributed by atoms with van der Waals surface area (Å²) in [6.07, 6.45) is 3.43. The summed E-state index contributed by atoms with van der Waals surface area (Å²) >= 11 is 3.51. The molecule has 1 N–H and O–H groups in total. The topological polar surface area (TPSA) is 42.8 Å². The van der Waals surface area contributed by atoms with Crippen molar-refractivity contribution >= 4 is 27.8 Å². The highest BCUT2D eigenvalue weighted by Gasteiger charge is 2.11. The first-order valence-corrected chi connectivity index (χ1v) is 8.08. The first-order chi connectivity index (χ1) is 11.2. The molecule has 0 aliphatic heterocycles. The number of ether oxygens (including phenoxy) is 2. The Labute approximate surface area is 144 Å². The summed E-state index contributed by atoms with van der Waals surface area (Å²) in [5.74, 6) is 1.34. The number of nitrogens with zero attached hydrogens (tertiary/aromatic N) is 1. The van der Waals surface area contributed by atoms with E-state index in [1.807, 2.05) is 49.4 Å². The Morgan fingerprint density at radius 2 is 2.00 bits per heavy atom. The van der Waals surface area contributed by atoms with Gasteiger partial charge in [-0.3, -0.25) is 5.43 Å². The molecule has 2 aromatic rings. The number of halogens is 1. The zero-order valence-corrected chi connectivity index (χ0v) is 14.5. The molecule has 0 saturated heterocycles. The van der Waals surface area contributed by atoms with Crippen molar-refractivity contribution in [2.24, 2.45) is 5.10 Å². The van der Waals surface area contributed by atoms with Gasteiger partial charge in [-0.05, 0) is 52.7 Å². The summed E-state index contributed by atoms with van der Waals surface area (Å²) in [5, 5.41) is 4.24. The van der Waals surface area contributed by atoms with Crippen LogP contribution in [0.4, 0.5) is 5.69 Å². The minimum atomic E-state index is 0.418. The van der Waals surface area contributed by atoms with Gasteiger partial charge in [0.05, 0.1) is 23.0 Å². The van der Waals surface area contributed by atoms with Crippen LogP contribution in [-0.4, -0.2) is 19.4 Å². The van der Waals surface area contributed by atoms with Crippen molar-refractivity contribution in [1.29, 1.82) is 0 Å². The second kappa shape index (κ2) is 9.00. The molecule has 2 aromatic carbocycles. The third-order valence-electron chi connectivity index (χ3n) is 2.86. The Hall–Kier alpha value is -2.27. The molecule has 4 nitrogen and oxygen atoms in total. The first kappa shape index (κ1) is 17.1. The van der Waals surface area contributed by atoms with Crippen LogP contribution < -0.4 is 14.9 Å². The molecule has 0 fully saturated rings. The predicted octanol–water partition coefficient (Wildman–Crippen LogP) is 4.86. The van der Waals surface area contributed by atoms with Gasteiger partial charge in [-0.2, -0.15) is 5.10 Å². The van der Waals surface area contributed by atoms with E-state index in [2.05, 4.69) is 33.0 Å². The first-order valence-electron chi connectivity index (χ1n) is 7.28. The Balaban J connectivity index is 2.17. The number of hydrogen-bond acceptors (Lipinski definition) is 4. The van der Waals surface area contributed by atoms with Crippen LogP contribution in [0.1, 0.15) is 12.5 Å². The van der Waals surface area contributed by atoms with E-state index in [0.29, 0.717) is 24.7 Å². The Morgan fingerprint density at radius 1 is 1.22 bits per heavy atom. The number of hydrogen-bond donors (Lipinski definition) is 1. The highest BCUT2D eigenvalue weighted by Crippen LogP contribution is 2.36. The van der Waals surface area contributed by atoms with Crippen molar-refractivity contribution in [1.82, 2.24) is 0 Å². The SMILES string of the molecule is C=CCOc1c(Br)cc(/C=N/Nc2ccccc2)cc1OCC. The summed E-state index contributed by atoms with van der Waals surface area (Å²) in [5.41, 5.74) is 4.81. The standard InChI is InChI=1S/C18H19BrN2O2/c1-3-10-23-18-16(19)11-14(12-17(18)22-4-2)13-20-21-15-8-6-5-7-9-15/h3,5-9,11-13,21H,1,4,10H2,2H3/b20-13+. The second-order valence-electron chi connectivity index (χ2n) is 4.60. The minimum Gasteiger partial charge on any atom is -0.490 e. The molecule has 2 rings (SSSR count). The number of para-hydroxylation sites is 1. The van der Waals surface area contributed by atoms with Gasteiger partial charge in [-0.1, -0.05) is 30.9 Å². The summed E-state index contributed by atoms with van der Waals surface area (Å²) < 4.78 is 12.1. The van der Waals surface area contributed by atoms with E-state index in [4.69, 9.17) is 9.47 Å². The van der Waals surface area contributed by atoms with Gasteiger partial charge in [0.15, 0.2) is 11.5 Å². The lowest BCUT2D eigenvalue weighted by molar-refractivity contribution is 0.295. The number of benzene rings is 2. The van der Waals surface area contributed by atoms with Crippen LogP contribution in [0, 0.1) is 0 Å². The van der Waals surface area contributed by atoms with Crippen LogP contribution >= 0.6 is 15.9 Å². The van der Waals surface area contributed by atoms with Gasteiger partial charge in [0.2, 0.25) is 0 Å². The molecular weight excluding hydrogens is 356 g/mol. The fourth-order valence-corrected chi connectivity index (χ4v) is 2.48. The van der Waals surface area contributed by atoms with E-state index in [1.54, 1.807) is 12.3 Å². The van der Waals surface area contributed by atoms with Gasteiger partial charge in [0.1, 0.15) is 6.61 Å². The molecule has 0 unspecified atom stereocenters. The fraction of sp³-hybridized carbons (Fsp3) is 0.167. The largest absolute Gasteiger partial charge is 0.490 e.